The molecule has 3 nitrogen and oxygen atoms in total. The van der Waals surface area contributed by atoms with Crippen LogP contribution in [0.2, 0.25) is 0 Å². The van der Waals surface area contributed by atoms with E-state index in [0.717, 1.165) is 4.68 Å². The van der Waals surface area contributed by atoms with Crippen molar-refractivity contribution >= 4 is 11.8 Å². The number of alkyl halides is 6. The van der Waals surface area contributed by atoms with Crippen molar-refractivity contribution in [2.45, 2.75) is 29.4 Å². The number of nitrogens with zero attached hydrogens (tertiary/aromatic N) is 2. The fraction of sp³-hybridized carbons (Fsp3) is 0.357. The summed E-state index contributed by atoms with van der Waals surface area (Å²) in [6, 6.07) is 7.94. The lowest BCUT2D eigenvalue weighted by Crippen LogP contribution is -2.39. The second kappa shape index (κ2) is 6.23. The summed E-state index contributed by atoms with van der Waals surface area (Å²) in [6.45, 7) is 1.29. The molecule has 0 bridgehead atoms. The van der Waals surface area contributed by atoms with Gasteiger partial charge in [0.2, 0.25) is 0 Å². The molecule has 1 atom stereocenters. The van der Waals surface area contributed by atoms with Gasteiger partial charge in [0.05, 0.1) is 11.4 Å². The second-order valence-corrected chi connectivity index (χ2v) is 6.12. The molecular weight excluding hydrogens is 358 g/mol. The molecule has 0 amide bonds. The molecule has 0 aliphatic heterocycles. The summed E-state index contributed by atoms with van der Waals surface area (Å²) < 4.78 is 79.2. The van der Waals surface area contributed by atoms with Crippen LogP contribution in [-0.2, 0) is 7.05 Å². The van der Waals surface area contributed by atoms with E-state index >= 15 is 0 Å². The Labute approximate surface area is 136 Å². The average Bonchev–Trinajstić information content (AvgIpc) is 2.70. The molecule has 132 valence electrons. The maximum atomic E-state index is 13.6. The molecule has 1 heterocycles. The van der Waals surface area contributed by atoms with Gasteiger partial charge in [-0.25, -0.2) is 9.07 Å². The Bertz CT molecular complexity index is 781. The second-order valence-electron chi connectivity index (χ2n) is 4.96. The van der Waals surface area contributed by atoms with Crippen molar-refractivity contribution in [2.24, 2.45) is 7.05 Å². The lowest BCUT2D eigenvalue weighted by molar-refractivity contribution is -0.219. The van der Waals surface area contributed by atoms with Crippen LogP contribution in [0.4, 0.5) is 26.3 Å². The first-order valence-corrected chi connectivity index (χ1v) is 7.40. The van der Waals surface area contributed by atoms with E-state index in [2.05, 4.69) is 0 Å². The van der Waals surface area contributed by atoms with Crippen molar-refractivity contribution in [3.63, 3.8) is 0 Å². The summed E-state index contributed by atoms with van der Waals surface area (Å²) in [5.74, 6) is 0. The molecule has 2 rings (SSSR count). The molecule has 1 unspecified atom stereocenters. The van der Waals surface area contributed by atoms with Crippen LogP contribution in [0.5, 0.6) is 0 Å². The third-order valence-corrected chi connectivity index (χ3v) is 4.48. The van der Waals surface area contributed by atoms with Gasteiger partial charge in [-0.15, -0.1) is 0 Å². The van der Waals surface area contributed by atoms with Crippen LogP contribution < -0.4 is 5.56 Å². The van der Waals surface area contributed by atoms with Gasteiger partial charge in [-0.2, -0.15) is 22.0 Å². The third kappa shape index (κ3) is 3.33. The Kier molecular flexibility index (Phi) is 4.80. The molecule has 10 heteroatoms. The number of halogens is 6. The van der Waals surface area contributed by atoms with Gasteiger partial charge in [0.1, 0.15) is 4.90 Å². The Hall–Kier alpha value is -1.84. The van der Waals surface area contributed by atoms with Crippen LogP contribution in [0.1, 0.15) is 5.69 Å². The fourth-order valence-electron chi connectivity index (χ4n) is 2.04. The number of aromatic nitrogens is 2. The predicted octanol–water partition coefficient (Wildman–Crippen LogP) is 4.07. The molecular formula is C14H12F6N2OS. The topological polar surface area (TPSA) is 26.9 Å². The maximum absolute atomic E-state index is 13.6. The van der Waals surface area contributed by atoms with E-state index in [9.17, 15) is 31.1 Å². The van der Waals surface area contributed by atoms with E-state index in [1.54, 1.807) is 18.2 Å². The standard InChI is InChI=1S/C14H12F6N2OS/c1-8-10(24-14(19,20)12(15)13(16,17)18)11(23)22(21(8)2)9-6-4-3-5-7-9/h3-7,12H,1-2H3. The van der Waals surface area contributed by atoms with E-state index < -0.39 is 39.8 Å². The van der Waals surface area contributed by atoms with Crippen LogP contribution in [0.25, 0.3) is 5.69 Å². The first kappa shape index (κ1) is 18.5. The minimum Gasteiger partial charge on any atom is -0.284 e. The Morgan fingerprint density at radius 2 is 1.62 bits per heavy atom. The highest BCUT2D eigenvalue weighted by Gasteiger charge is 2.58. The molecule has 1 aromatic heterocycles. The van der Waals surface area contributed by atoms with E-state index in [4.69, 9.17) is 0 Å². The summed E-state index contributed by atoms with van der Waals surface area (Å²) in [4.78, 5) is 11.7. The van der Waals surface area contributed by atoms with Crippen LogP contribution >= 0.6 is 11.8 Å². The summed E-state index contributed by atoms with van der Waals surface area (Å²) in [7, 11) is 1.39. The molecule has 1 aromatic carbocycles. The van der Waals surface area contributed by atoms with Gasteiger partial charge in [0, 0.05) is 7.05 Å². The highest BCUT2D eigenvalue weighted by molar-refractivity contribution is 8.00. The quantitative estimate of drug-likeness (QED) is 0.599. The van der Waals surface area contributed by atoms with E-state index in [-0.39, 0.29) is 5.69 Å². The Morgan fingerprint density at radius 1 is 1.08 bits per heavy atom. The first-order valence-electron chi connectivity index (χ1n) is 6.58. The van der Waals surface area contributed by atoms with Crippen molar-refractivity contribution < 1.29 is 26.3 Å². The van der Waals surface area contributed by atoms with Crippen LogP contribution in [0.15, 0.2) is 40.0 Å². The molecule has 0 N–H and O–H groups in total. The zero-order valence-electron chi connectivity index (χ0n) is 12.4. The molecule has 2 aromatic rings. The van der Waals surface area contributed by atoms with E-state index in [1.165, 1.54) is 30.8 Å². The minimum absolute atomic E-state index is 0.00269. The monoisotopic (exact) mass is 370 g/mol. The molecule has 0 aliphatic carbocycles. The number of benzene rings is 1. The van der Waals surface area contributed by atoms with Gasteiger partial charge < -0.3 is 0 Å². The lowest BCUT2D eigenvalue weighted by Gasteiger charge is -2.21. The van der Waals surface area contributed by atoms with Gasteiger partial charge in [0.25, 0.3) is 11.7 Å². The smallest absolute Gasteiger partial charge is 0.284 e. The molecule has 0 saturated carbocycles. The first-order chi connectivity index (χ1) is 11.0. The normalized spacial score (nSPS) is 14.0. The van der Waals surface area contributed by atoms with Crippen molar-refractivity contribution in [3.05, 3.63) is 46.4 Å². The Balaban J connectivity index is 2.49. The molecule has 0 saturated heterocycles. The number of thioether (sulfide) groups is 1. The van der Waals surface area contributed by atoms with Crippen LogP contribution in [0, 0.1) is 6.92 Å². The summed E-state index contributed by atoms with van der Waals surface area (Å²) >= 11 is -0.719. The molecule has 24 heavy (non-hydrogen) atoms. The van der Waals surface area contributed by atoms with Crippen molar-refractivity contribution in [3.8, 4) is 5.69 Å². The number of rotatable bonds is 4. The third-order valence-electron chi connectivity index (χ3n) is 3.32. The average molecular weight is 370 g/mol. The van der Waals surface area contributed by atoms with Crippen LogP contribution in [-0.4, -0.2) is 27.0 Å². The van der Waals surface area contributed by atoms with Gasteiger partial charge in [-0.3, -0.25) is 9.48 Å². The largest absolute Gasteiger partial charge is 0.426 e. The number of hydrogen-bond donors (Lipinski definition) is 0. The lowest BCUT2D eigenvalue weighted by atomic mass is 10.3. The zero-order valence-corrected chi connectivity index (χ0v) is 13.3. The Morgan fingerprint density at radius 3 is 2.12 bits per heavy atom. The molecule has 0 spiro atoms. The molecule has 0 aliphatic rings. The van der Waals surface area contributed by atoms with Gasteiger partial charge in [0.15, 0.2) is 0 Å². The number of hydrogen-bond acceptors (Lipinski definition) is 2. The number of para-hydroxylation sites is 1. The van der Waals surface area contributed by atoms with E-state index in [0.29, 0.717) is 5.69 Å². The summed E-state index contributed by atoms with van der Waals surface area (Å²) in [5.41, 5.74) is -0.598. The van der Waals surface area contributed by atoms with Crippen molar-refractivity contribution in [1.29, 1.82) is 0 Å². The van der Waals surface area contributed by atoms with Gasteiger partial charge >= 0.3 is 11.4 Å². The minimum atomic E-state index is -5.72. The SMILES string of the molecule is Cc1c(SC(F)(F)C(F)C(F)(F)F)c(=O)n(-c2ccccc2)n1C. The maximum Gasteiger partial charge on any atom is 0.426 e. The predicted molar refractivity (Wildman–Crippen MR) is 77.5 cm³/mol. The van der Waals surface area contributed by atoms with Gasteiger partial charge in [-0.05, 0) is 30.8 Å². The fourth-order valence-corrected chi connectivity index (χ4v) is 3.00. The summed E-state index contributed by atoms with van der Waals surface area (Å²) in [6.07, 6.45) is -10.1. The van der Waals surface area contributed by atoms with Crippen molar-refractivity contribution in [2.75, 3.05) is 0 Å². The van der Waals surface area contributed by atoms with Crippen molar-refractivity contribution in [1.82, 2.24) is 9.36 Å². The summed E-state index contributed by atoms with van der Waals surface area (Å²) in [5, 5.41) is -4.82. The zero-order chi connectivity index (χ0) is 18.3. The molecule has 0 radical (unpaired) electrons. The highest BCUT2D eigenvalue weighted by Crippen LogP contribution is 2.45. The van der Waals surface area contributed by atoms with Crippen LogP contribution in [0.3, 0.4) is 0 Å². The van der Waals surface area contributed by atoms with Gasteiger partial charge in [-0.1, -0.05) is 18.2 Å². The highest BCUT2D eigenvalue weighted by atomic mass is 32.2. The molecule has 0 fully saturated rings. The van der Waals surface area contributed by atoms with E-state index in [1.807, 2.05) is 0 Å².